The molecule has 0 atom stereocenters. The van der Waals surface area contributed by atoms with Crippen LogP contribution in [0.15, 0.2) is 188 Å². The summed E-state index contributed by atoms with van der Waals surface area (Å²) in [7, 11) is 4.39. The van der Waals surface area contributed by atoms with E-state index < -0.39 is 0 Å². The first-order valence-corrected chi connectivity index (χ1v) is 23.4. The summed E-state index contributed by atoms with van der Waals surface area (Å²) in [6.45, 7) is 6.75. The first kappa shape index (κ1) is 43.3. The number of aromatic nitrogens is 6. The maximum absolute atomic E-state index is 6.79. The zero-order valence-corrected chi connectivity index (χ0v) is 41.6. The molecule has 70 heavy (non-hydrogen) atoms. The van der Waals surface area contributed by atoms with E-state index in [-0.39, 0.29) is 26.5 Å². The maximum atomic E-state index is 6.79. The molecule has 13 aromatic rings. The second-order valence-electron chi connectivity index (χ2n) is 19.0. The molecule has 0 aliphatic rings. The van der Waals surface area contributed by atoms with E-state index >= 15 is 0 Å². The molecule has 13 rings (SSSR count). The Labute approximate surface area is 420 Å². The van der Waals surface area contributed by atoms with Crippen LogP contribution in [0, 0.1) is 18.5 Å². The van der Waals surface area contributed by atoms with Gasteiger partial charge in [-0.15, -0.1) is 24.3 Å². The summed E-state index contributed by atoms with van der Waals surface area (Å²) < 4.78 is 17.9. The van der Waals surface area contributed by atoms with Gasteiger partial charge in [-0.2, -0.15) is 18.2 Å². The minimum atomic E-state index is -0.0982. The first-order valence-electron chi connectivity index (χ1n) is 23.4. The smallest absolute Gasteiger partial charge is 0.267 e. The van der Waals surface area contributed by atoms with Gasteiger partial charge in [-0.3, -0.25) is 4.57 Å². The number of ether oxygens (including phenoxy) is 1. The fourth-order valence-electron chi connectivity index (χ4n) is 10.7. The van der Waals surface area contributed by atoms with Gasteiger partial charge in [0.15, 0.2) is 0 Å². The van der Waals surface area contributed by atoms with Crippen molar-refractivity contribution in [3.63, 3.8) is 0 Å². The molecule has 0 saturated carbocycles. The van der Waals surface area contributed by atoms with Crippen LogP contribution in [0.1, 0.15) is 26.3 Å². The Kier molecular flexibility index (Phi) is 10.3. The van der Waals surface area contributed by atoms with Crippen molar-refractivity contribution in [3.05, 3.63) is 212 Å². The number of hydrogen-bond donors (Lipinski definition) is 0. The van der Waals surface area contributed by atoms with Crippen molar-refractivity contribution < 1.29 is 30.4 Å². The minimum absolute atomic E-state index is 0. The summed E-state index contributed by atoms with van der Waals surface area (Å²) in [5.41, 5.74) is 14.1. The van der Waals surface area contributed by atoms with Gasteiger partial charge in [0.2, 0.25) is 0 Å². The van der Waals surface area contributed by atoms with Crippen LogP contribution < -0.4 is 9.30 Å². The van der Waals surface area contributed by atoms with Crippen molar-refractivity contribution in [2.24, 2.45) is 14.1 Å². The van der Waals surface area contributed by atoms with Crippen molar-refractivity contribution >= 4 is 65.4 Å². The van der Waals surface area contributed by atoms with Crippen molar-refractivity contribution in [1.29, 1.82) is 0 Å². The van der Waals surface area contributed by atoms with Gasteiger partial charge in [-0.25, -0.2) is 4.98 Å². The van der Waals surface area contributed by atoms with Gasteiger partial charge < -0.3 is 23.0 Å². The third-order valence-corrected chi connectivity index (χ3v) is 13.9. The summed E-state index contributed by atoms with van der Waals surface area (Å²) in [5.74, 6) is 1.97. The molecule has 0 radical (unpaired) electrons. The Hall–Kier alpha value is -7.99. The van der Waals surface area contributed by atoms with Gasteiger partial charge >= 0.3 is 0 Å². The van der Waals surface area contributed by atoms with E-state index in [0.29, 0.717) is 11.5 Å². The Morgan fingerprint density at radius 2 is 1.13 bits per heavy atom. The van der Waals surface area contributed by atoms with Crippen LogP contribution in [0.4, 0.5) is 0 Å². The predicted molar refractivity (Wildman–Crippen MR) is 280 cm³/mol. The zero-order chi connectivity index (χ0) is 46.5. The summed E-state index contributed by atoms with van der Waals surface area (Å²) in [6.07, 6.45) is 9.63. The number of pyridine rings is 1. The van der Waals surface area contributed by atoms with E-state index in [0.717, 1.165) is 61.3 Å². The average molecular weight is 1090 g/mol. The molecule has 8 aromatic carbocycles. The average Bonchev–Trinajstić information content (AvgIpc) is 4.15. The normalized spacial score (nSPS) is 12.0. The number of benzene rings is 8. The number of para-hydroxylation sites is 3. The quantitative estimate of drug-likeness (QED) is 0.118. The van der Waals surface area contributed by atoms with Crippen LogP contribution in [0.5, 0.6) is 11.5 Å². The Bertz CT molecular complexity index is 4110. The number of hydrogen-bond acceptors (Lipinski definition) is 2. The van der Waals surface area contributed by atoms with E-state index in [1.54, 1.807) is 0 Å². The van der Waals surface area contributed by atoms with Gasteiger partial charge in [0.1, 0.15) is 5.82 Å². The van der Waals surface area contributed by atoms with E-state index in [2.05, 4.69) is 223 Å². The van der Waals surface area contributed by atoms with Crippen LogP contribution in [-0.2, 0) is 40.6 Å². The Balaban J connectivity index is 0.00000505. The second kappa shape index (κ2) is 16.6. The summed E-state index contributed by atoms with van der Waals surface area (Å²) in [5, 5.41) is 7.06. The van der Waals surface area contributed by atoms with Crippen molar-refractivity contribution in [2.75, 3.05) is 0 Å². The molecule has 5 heterocycles. The molecule has 0 unspecified atom stereocenters. The molecule has 0 saturated heterocycles. The van der Waals surface area contributed by atoms with Crippen LogP contribution in [-0.4, -0.2) is 23.3 Å². The van der Waals surface area contributed by atoms with Gasteiger partial charge in [-0.1, -0.05) is 147 Å². The number of rotatable bonds is 7. The molecule has 8 heteroatoms. The van der Waals surface area contributed by atoms with Crippen LogP contribution in [0.3, 0.4) is 0 Å². The number of fused-ring (bicyclic) bond motifs is 12. The molecule has 0 N–H and O–H groups in total. The molecule has 0 aliphatic carbocycles. The van der Waals surface area contributed by atoms with Gasteiger partial charge in [0.25, 0.3) is 6.33 Å². The zero-order valence-electron chi connectivity index (χ0n) is 39.3. The van der Waals surface area contributed by atoms with Crippen LogP contribution in [0.25, 0.3) is 105 Å². The maximum Gasteiger partial charge on any atom is 0.267 e. The van der Waals surface area contributed by atoms with Gasteiger partial charge in [0.05, 0.1) is 16.7 Å². The van der Waals surface area contributed by atoms with Crippen molar-refractivity contribution in [1.82, 2.24) is 23.3 Å². The molecule has 0 amide bonds. The van der Waals surface area contributed by atoms with E-state index in [4.69, 9.17) is 9.72 Å². The third-order valence-electron chi connectivity index (χ3n) is 13.9. The Morgan fingerprint density at radius 3 is 1.77 bits per heavy atom. The van der Waals surface area contributed by atoms with Crippen LogP contribution >= 0.6 is 0 Å². The van der Waals surface area contributed by atoms with Crippen molar-refractivity contribution in [3.8, 4) is 50.9 Å². The molecule has 5 aromatic heterocycles. The van der Waals surface area contributed by atoms with E-state index in [1.807, 2.05) is 41.2 Å². The van der Waals surface area contributed by atoms with E-state index in [1.165, 1.54) is 49.2 Å². The largest absolute Gasteiger partial charge is 0.510 e. The van der Waals surface area contributed by atoms with Crippen molar-refractivity contribution in [2.45, 2.75) is 26.2 Å². The molecule has 342 valence electrons. The molecule has 0 fully saturated rings. The van der Waals surface area contributed by atoms with Gasteiger partial charge in [0, 0.05) is 103 Å². The SMILES string of the molecule is Cn1c2ccccc2c2c1c1c3ccc(Oc4[c-]c(-[n+]5[c-]n(-c6c(-c7ccccc7)cccc6-c6ccccc6)cc5)ccc4)[c-]c3n(-c3cc(C(C)(C)C)ccn3)c1c1c3ccccc3n(C)c21.[Pt]. The second-order valence-corrected chi connectivity index (χ2v) is 19.0. The number of nitrogens with zero attached hydrogens (tertiary/aromatic N) is 6. The summed E-state index contributed by atoms with van der Waals surface area (Å²) in [6, 6.07) is 67.0. The summed E-state index contributed by atoms with van der Waals surface area (Å²) in [4.78, 5) is 5.14. The minimum Gasteiger partial charge on any atom is -0.510 e. The molecule has 0 aliphatic heterocycles. The van der Waals surface area contributed by atoms with Crippen LogP contribution in [0.2, 0.25) is 0 Å². The standard InChI is InChI=1S/C62H46N6O.Pt/c1-62(2,3)42-32-33-63-54(36-42)68-53-38-45(30-31-50(53)57-60-55(48-24-12-14-28-51(48)64(60)4)59-56(61(57)68)49-25-13-15-29-52(49)65(59)5)69-44-23-16-22-43(37-44)66-34-35-67(39-66)58-46(40-18-8-6-9-19-40)26-17-27-47(58)41-20-10-7-11-21-41;/h6-36H,1-5H3;/q-2;. The fourth-order valence-corrected chi connectivity index (χ4v) is 10.7. The first-order chi connectivity index (χ1) is 33.7. The molecule has 7 nitrogen and oxygen atoms in total. The fraction of sp³-hybridized carbons (Fsp3) is 0.0968. The molecule has 0 spiro atoms. The predicted octanol–water partition coefficient (Wildman–Crippen LogP) is 14.4. The topological polar surface area (TPSA) is 45.7 Å². The number of aryl methyl sites for hydroxylation is 2. The molecule has 0 bridgehead atoms. The van der Waals surface area contributed by atoms with Gasteiger partial charge in [-0.05, 0) is 68.6 Å². The van der Waals surface area contributed by atoms with E-state index in [9.17, 15) is 0 Å². The molecular weight excluding hydrogens is 1040 g/mol. The third kappa shape index (κ3) is 6.74. The molecular formula is C62H46N6OPt-2. The monoisotopic (exact) mass is 1090 g/mol. The Morgan fingerprint density at radius 1 is 0.557 bits per heavy atom. The number of imidazole rings is 1. The summed E-state index contributed by atoms with van der Waals surface area (Å²) >= 11 is 0.